The highest BCUT2D eigenvalue weighted by Crippen LogP contribution is 2.07. The second kappa shape index (κ2) is 9.12. The average Bonchev–Trinajstić information content (AvgIpc) is 2.42. The number of rotatable bonds is 9. The fraction of sp³-hybridized carbons (Fsp3) is 0.625. The molecule has 0 aliphatic heterocycles. The van der Waals surface area contributed by atoms with Gasteiger partial charge in [-0.15, -0.1) is 0 Å². The topological polar surface area (TPSA) is 15.3 Å². The minimum Gasteiger partial charge on any atom is -0.316 e. The summed E-state index contributed by atoms with van der Waals surface area (Å²) in [5, 5.41) is 3.44. The quantitative estimate of drug-likeness (QED) is 0.676. The Morgan fingerprint density at radius 3 is 2.06 bits per heavy atom. The third kappa shape index (κ3) is 5.65. The molecule has 0 fully saturated rings. The number of benzene rings is 1. The van der Waals surface area contributed by atoms with Crippen LogP contribution in [-0.4, -0.2) is 31.1 Å². The average molecular weight is 248 g/mol. The molecule has 1 aromatic carbocycles. The molecule has 0 spiro atoms. The molecule has 1 N–H and O–H groups in total. The summed E-state index contributed by atoms with van der Waals surface area (Å²) in [6.07, 6.45) is 2.34. The Kier molecular flexibility index (Phi) is 7.70. The molecule has 1 aromatic rings. The van der Waals surface area contributed by atoms with E-state index in [1.54, 1.807) is 0 Å². The van der Waals surface area contributed by atoms with Gasteiger partial charge < -0.3 is 5.32 Å². The van der Waals surface area contributed by atoms with Gasteiger partial charge in [-0.1, -0.05) is 45.0 Å². The molecule has 0 aliphatic carbocycles. The van der Waals surface area contributed by atoms with Crippen molar-refractivity contribution in [1.29, 1.82) is 0 Å². The Labute approximate surface area is 112 Å². The highest BCUT2D eigenvalue weighted by Gasteiger charge is 2.01. The van der Waals surface area contributed by atoms with Crippen LogP contribution in [0.3, 0.4) is 0 Å². The first-order valence-electron chi connectivity index (χ1n) is 7.31. The molecule has 1 rings (SSSR count). The standard InChI is InChI=1S/C16H28N2/c1-4-12-17-13-11-15-7-9-16(10-8-15)14-18(5-2)6-3/h7-10,17H,4-6,11-14H2,1-3H3. The lowest BCUT2D eigenvalue weighted by atomic mass is 10.1. The van der Waals surface area contributed by atoms with Crippen LogP contribution in [-0.2, 0) is 13.0 Å². The van der Waals surface area contributed by atoms with Crippen molar-refractivity contribution in [2.45, 2.75) is 40.2 Å². The van der Waals surface area contributed by atoms with Gasteiger partial charge in [-0.2, -0.15) is 0 Å². The summed E-state index contributed by atoms with van der Waals surface area (Å²) in [6, 6.07) is 9.08. The zero-order chi connectivity index (χ0) is 13.2. The third-order valence-corrected chi connectivity index (χ3v) is 3.34. The van der Waals surface area contributed by atoms with Gasteiger partial charge in [0.1, 0.15) is 0 Å². The van der Waals surface area contributed by atoms with E-state index in [2.05, 4.69) is 55.3 Å². The Balaban J connectivity index is 2.37. The Bertz CT molecular complexity index is 301. The third-order valence-electron chi connectivity index (χ3n) is 3.34. The van der Waals surface area contributed by atoms with Crippen LogP contribution in [0.4, 0.5) is 0 Å². The van der Waals surface area contributed by atoms with E-state index in [9.17, 15) is 0 Å². The molecule has 0 bridgehead atoms. The summed E-state index contributed by atoms with van der Waals surface area (Å²) in [5.41, 5.74) is 2.85. The van der Waals surface area contributed by atoms with Crippen molar-refractivity contribution in [3.63, 3.8) is 0 Å². The summed E-state index contributed by atoms with van der Waals surface area (Å²) in [7, 11) is 0. The molecule has 0 heterocycles. The van der Waals surface area contributed by atoms with Crippen LogP contribution in [0, 0.1) is 0 Å². The lowest BCUT2D eigenvalue weighted by Crippen LogP contribution is -2.22. The van der Waals surface area contributed by atoms with Gasteiger partial charge in [0.15, 0.2) is 0 Å². The Morgan fingerprint density at radius 1 is 0.889 bits per heavy atom. The van der Waals surface area contributed by atoms with Gasteiger partial charge >= 0.3 is 0 Å². The molecule has 0 radical (unpaired) electrons. The van der Waals surface area contributed by atoms with E-state index in [1.165, 1.54) is 17.5 Å². The smallest absolute Gasteiger partial charge is 0.0233 e. The van der Waals surface area contributed by atoms with E-state index in [1.807, 2.05) is 0 Å². The Hall–Kier alpha value is -0.860. The summed E-state index contributed by atoms with van der Waals surface area (Å²) >= 11 is 0. The van der Waals surface area contributed by atoms with Crippen LogP contribution >= 0.6 is 0 Å². The first kappa shape index (κ1) is 15.2. The fourth-order valence-corrected chi connectivity index (χ4v) is 2.05. The predicted molar refractivity (Wildman–Crippen MR) is 79.9 cm³/mol. The van der Waals surface area contributed by atoms with E-state index in [-0.39, 0.29) is 0 Å². The van der Waals surface area contributed by atoms with Gasteiger partial charge in [-0.25, -0.2) is 0 Å². The molecule has 0 aliphatic rings. The van der Waals surface area contributed by atoms with Crippen molar-refractivity contribution in [2.75, 3.05) is 26.2 Å². The minimum atomic E-state index is 1.07. The lowest BCUT2D eigenvalue weighted by Gasteiger charge is -2.18. The highest BCUT2D eigenvalue weighted by atomic mass is 15.1. The monoisotopic (exact) mass is 248 g/mol. The SMILES string of the molecule is CCCNCCc1ccc(CN(CC)CC)cc1. The molecule has 2 heteroatoms. The van der Waals surface area contributed by atoms with Gasteiger partial charge in [0, 0.05) is 6.54 Å². The molecular weight excluding hydrogens is 220 g/mol. The van der Waals surface area contributed by atoms with Crippen LogP contribution in [0.15, 0.2) is 24.3 Å². The number of nitrogens with zero attached hydrogens (tertiary/aromatic N) is 1. The maximum atomic E-state index is 3.44. The van der Waals surface area contributed by atoms with Crippen molar-refractivity contribution < 1.29 is 0 Å². The zero-order valence-corrected chi connectivity index (χ0v) is 12.2. The summed E-state index contributed by atoms with van der Waals surface area (Å²) in [6.45, 7) is 12.2. The van der Waals surface area contributed by atoms with Crippen molar-refractivity contribution in [2.24, 2.45) is 0 Å². The number of hydrogen-bond donors (Lipinski definition) is 1. The van der Waals surface area contributed by atoms with Gasteiger partial charge in [0.05, 0.1) is 0 Å². The molecule has 0 atom stereocenters. The second-order valence-electron chi connectivity index (χ2n) is 4.78. The summed E-state index contributed by atoms with van der Waals surface area (Å²) in [5.74, 6) is 0. The van der Waals surface area contributed by atoms with Gasteiger partial charge in [-0.3, -0.25) is 4.90 Å². The predicted octanol–water partition coefficient (Wildman–Crippen LogP) is 3.07. The van der Waals surface area contributed by atoms with E-state index in [4.69, 9.17) is 0 Å². The first-order valence-corrected chi connectivity index (χ1v) is 7.31. The van der Waals surface area contributed by atoms with Gasteiger partial charge in [-0.05, 0) is 50.1 Å². The lowest BCUT2D eigenvalue weighted by molar-refractivity contribution is 0.296. The van der Waals surface area contributed by atoms with Crippen molar-refractivity contribution in [3.05, 3.63) is 35.4 Å². The van der Waals surface area contributed by atoms with Crippen LogP contribution in [0.1, 0.15) is 38.3 Å². The van der Waals surface area contributed by atoms with Gasteiger partial charge in [0.25, 0.3) is 0 Å². The Morgan fingerprint density at radius 2 is 1.50 bits per heavy atom. The van der Waals surface area contributed by atoms with Crippen molar-refractivity contribution in [3.8, 4) is 0 Å². The molecule has 0 saturated carbocycles. The fourth-order valence-electron chi connectivity index (χ4n) is 2.05. The second-order valence-corrected chi connectivity index (χ2v) is 4.78. The van der Waals surface area contributed by atoms with Crippen LogP contribution in [0.5, 0.6) is 0 Å². The van der Waals surface area contributed by atoms with E-state index >= 15 is 0 Å². The maximum absolute atomic E-state index is 3.44. The largest absolute Gasteiger partial charge is 0.316 e. The molecule has 0 saturated heterocycles. The van der Waals surface area contributed by atoms with Crippen molar-refractivity contribution >= 4 is 0 Å². The molecule has 0 aromatic heterocycles. The highest BCUT2D eigenvalue weighted by molar-refractivity contribution is 5.22. The molecule has 0 unspecified atom stereocenters. The summed E-state index contributed by atoms with van der Waals surface area (Å²) in [4.78, 5) is 2.44. The normalized spacial score (nSPS) is 11.1. The molecule has 2 nitrogen and oxygen atoms in total. The van der Waals surface area contributed by atoms with Crippen LogP contribution in [0.25, 0.3) is 0 Å². The molecule has 102 valence electrons. The van der Waals surface area contributed by atoms with Crippen LogP contribution in [0.2, 0.25) is 0 Å². The summed E-state index contributed by atoms with van der Waals surface area (Å²) < 4.78 is 0. The van der Waals surface area contributed by atoms with E-state index in [0.717, 1.165) is 39.1 Å². The molecule has 18 heavy (non-hydrogen) atoms. The number of hydrogen-bond acceptors (Lipinski definition) is 2. The van der Waals surface area contributed by atoms with Crippen LogP contribution < -0.4 is 5.32 Å². The maximum Gasteiger partial charge on any atom is 0.0233 e. The zero-order valence-electron chi connectivity index (χ0n) is 12.2. The van der Waals surface area contributed by atoms with E-state index in [0.29, 0.717) is 0 Å². The van der Waals surface area contributed by atoms with E-state index < -0.39 is 0 Å². The molecule has 0 amide bonds. The van der Waals surface area contributed by atoms with Crippen molar-refractivity contribution in [1.82, 2.24) is 10.2 Å². The number of nitrogens with one attached hydrogen (secondary N) is 1. The molecular formula is C16H28N2. The minimum absolute atomic E-state index is 1.07. The first-order chi connectivity index (χ1) is 8.80. The van der Waals surface area contributed by atoms with Gasteiger partial charge in [0.2, 0.25) is 0 Å².